The molecule has 0 aromatic heterocycles. The van der Waals surface area contributed by atoms with Gasteiger partial charge in [0.25, 0.3) is 0 Å². The first kappa shape index (κ1) is 14.7. The molecule has 17 heavy (non-hydrogen) atoms. The Balaban J connectivity index is 2.76. The fraction of sp³-hybridized carbons (Fsp3) is 0.600. The molecule has 1 aromatic carbocycles. The van der Waals surface area contributed by atoms with Crippen molar-refractivity contribution in [1.29, 1.82) is 0 Å². The summed E-state index contributed by atoms with van der Waals surface area (Å²) in [6.45, 7) is 10.9. The molecule has 0 bridgehead atoms. The van der Waals surface area contributed by atoms with Crippen molar-refractivity contribution in [1.82, 2.24) is 0 Å². The van der Waals surface area contributed by atoms with Gasteiger partial charge in [-0.25, -0.2) is 4.39 Å². The van der Waals surface area contributed by atoms with Crippen LogP contribution in [0.1, 0.15) is 50.1 Å². The number of halogens is 2. The maximum Gasteiger partial charge on any atom is 0.126 e. The maximum absolute atomic E-state index is 13.2. The van der Waals surface area contributed by atoms with Crippen LogP contribution < -0.4 is 0 Å². The minimum absolute atomic E-state index is 0.127. The summed E-state index contributed by atoms with van der Waals surface area (Å²) >= 11 is 3.72. The Morgan fingerprint density at radius 3 is 2.35 bits per heavy atom. The lowest BCUT2D eigenvalue weighted by Gasteiger charge is -2.29. The van der Waals surface area contributed by atoms with Crippen molar-refractivity contribution in [3.8, 4) is 0 Å². The predicted molar refractivity (Wildman–Crippen MR) is 76.0 cm³/mol. The molecule has 0 amide bonds. The van der Waals surface area contributed by atoms with Crippen molar-refractivity contribution in [3.05, 3.63) is 35.1 Å². The molecule has 1 rings (SSSR count). The third-order valence-electron chi connectivity index (χ3n) is 3.58. The van der Waals surface area contributed by atoms with Crippen LogP contribution in [0.5, 0.6) is 0 Å². The first-order chi connectivity index (χ1) is 7.71. The molecule has 0 fully saturated rings. The van der Waals surface area contributed by atoms with Gasteiger partial charge >= 0.3 is 0 Å². The van der Waals surface area contributed by atoms with Gasteiger partial charge in [0.15, 0.2) is 0 Å². The molecule has 0 radical (unpaired) electrons. The topological polar surface area (TPSA) is 0 Å². The SMILES string of the molecule is Cc1cc(C(Br)CC(C)C(C)(C)C)ccc1F. The fourth-order valence-corrected chi connectivity index (χ4v) is 2.51. The molecule has 0 nitrogen and oxygen atoms in total. The minimum atomic E-state index is -0.127. The van der Waals surface area contributed by atoms with Crippen LogP contribution in [0, 0.1) is 24.1 Å². The summed E-state index contributed by atoms with van der Waals surface area (Å²) in [4.78, 5) is 0.302. The van der Waals surface area contributed by atoms with E-state index in [1.807, 2.05) is 19.1 Å². The number of alkyl halides is 1. The molecule has 2 unspecified atom stereocenters. The van der Waals surface area contributed by atoms with Crippen LogP contribution in [0.4, 0.5) is 4.39 Å². The summed E-state index contributed by atoms with van der Waals surface area (Å²) < 4.78 is 13.2. The molecule has 0 saturated heterocycles. The van der Waals surface area contributed by atoms with Gasteiger partial charge in [-0.3, -0.25) is 0 Å². The summed E-state index contributed by atoms with van der Waals surface area (Å²) in [6, 6.07) is 5.36. The second kappa shape index (κ2) is 5.51. The van der Waals surface area contributed by atoms with Crippen LogP contribution in [0.25, 0.3) is 0 Å². The monoisotopic (exact) mass is 300 g/mol. The highest BCUT2D eigenvalue weighted by Gasteiger charge is 2.23. The van der Waals surface area contributed by atoms with E-state index in [2.05, 4.69) is 43.6 Å². The largest absolute Gasteiger partial charge is 0.207 e. The molecule has 0 N–H and O–H groups in total. The van der Waals surface area contributed by atoms with Gasteiger partial charge in [-0.05, 0) is 41.9 Å². The normalized spacial score (nSPS) is 15.7. The van der Waals surface area contributed by atoms with Crippen molar-refractivity contribution in [2.45, 2.75) is 45.9 Å². The van der Waals surface area contributed by atoms with Crippen molar-refractivity contribution in [3.63, 3.8) is 0 Å². The average molecular weight is 301 g/mol. The fourth-order valence-electron chi connectivity index (χ4n) is 1.66. The van der Waals surface area contributed by atoms with Gasteiger partial charge in [0.2, 0.25) is 0 Å². The molecule has 2 atom stereocenters. The van der Waals surface area contributed by atoms with Crippen LogP contribution in [-0.4, -0.2) is 0 Å². The van der Waals surface area contributed by atoms with E-state index in [0.29, 0.717) is 16.2 Å². The smallest absolute Gasteiger partial charge is 0.126 e. The summed E-state index contributed by atoms with van der Waals surface area (Å²) in [5.74, 6) is 0.481. The third-order valence-corrected chi connectivity index (χ3v) is 4.49. The van der Waals surface area contributed by atoms with E-state index in [0.717, 1.165) is 12.0 Å². The van der Waals surface area contributed by atoms with Crippen molar-refractivity contribution >= 4 is 15.9 Å². The number of rotatable bonds is 3. The second-order valence-corrected chi connectivity index (χ2v) is 7.08. The van der Waals surface area contributed by atoms with Crippen LogP contribution in [0.15, 0.2) is 18.2 Å². The predicted octanol–water partition coefficient (Wildman–Crippen LogP) is 5.64. The lowest BCUT2D eigenvalue weighted by Crippen LogP contribution is -2.18. The molecule has 0 saturated carbocycles. The van der Waals surface area contributed by atoms with E-state index in [9.17, 15) is 4.39 Å². The summed E-state index contributed by atoms with van der Waals surface area (Å²) in [6.07, 6.45) is 1.06. The second-order valence-electron chi connectivity index (χ2n) is 5.98. The molecular weight excluding hydrogens is 279 g/mol. The molecule has 0 aliphatic rings. The van der Waals surface area contributed by atoms with Crippen molar-refractivity contribution in [2.75, 3.05) is 0 Å². The minimum Gasteiger partial charge on any atom is -0.207 e. The lowest BCUT2D eigenvalue weighted by atomic mass is 9.79. The Morgan fingerprint density at radius 2 is 1.88 bits per heavy atom. The number of hydrogen-bond donors (Lipinski definition) is 0. The molecule has 96 valence electrons. The van der Waals surface area contributed by atoms with E-state index < -0.39 is 0 Å². The molecule has 0 aliphatic carbocycles. The van der Waals surface area contributed by atoms with Crippen LogP contribution in [0.3, 0.4) is 0 Å². The van der Waals surface area contributed by atoms with Gasteiger partial charge in [0.05, 0.1) is 0 Å². The first-order valence-corrected chi connectivity index (χ1v) is 7.03. The molecule has 2 heteroatoms. The Labute approximate surface area is 113 Å². The van der Waals surface area contributed by atoms with E-state index in [1.165, 1.54) is 5.56 Å². The lowest BCUT2D eigenvalue weighted by molar-refractivity contribution is 0.246. The van der Waals surface area contributed by atoms with E-state index in [1.54, 1.807) is 6.07 Å². The Morgan fingerprint density at radius 1 is 1.29 bits per heavy atom. The zero-order valence-electron chi connectivity index (χ0n) is 11.3. The summed E-state index contributed by atoms with van der Waals surface area (Å²) in [5.41, 5.74) is 2.19. The van der Waals surface area contributed by atoms with Gasteiger partial charge in [-0.1, -0.05) is 55.8 Å². The van der Waals surface area contributed by atoms with Crippen LogP contribution in [-0.2, 0) is 0 Å². The molecule has 0 aliphatic heterocycles. The van der Waals surface area contributed by atoms with Gasteiger partial charge < -0.3 is 0 Å². The Hall–Kier alpha value is -0.370. The van der Waals surface area contributed by atoms with Gasteiger partial charge in [0.1, 0.15) is 5.82 Å². The zero-order chi connectivity index (χ0) is 13.2. The average Bonchev–Trinajstić information content (AvgIpc) is 2.20. The zero-order valence-corrected chi connectivity index (χ0v) is 12.9. The third kappa shape index (κ3) is 4.09. The Kier molecular flexibility index (Phi) is 4.77. The highest BCUT2D eigenvalue weighted by molar-refractivity contribution is 9.09. The summed E-state index contributed by atoms with van der Waals surface area (Å²) in [5, 5.41) is 0. The molecule has 0 spiro atoms. The van der Waals surface area contributed by atoms with E-state index in [4.69, 9.17) is 0 Å². The highest BCUT2D eigenvalue weighted by Crippen LogP contribution is 2.37. The van der Waals surface area contributed by atoms with Crippen molar-refractivity contribution in [2.24, 2.45) is 11.3 Å². The highest BCUT2D eigenvalue weighted by atomic mass is 79.9. The standard InChI is InChI=1S/C15H22BrF/c1-10-8-12(6-7-14(10)17)13(16)9-11(2)15(3,4)5/h6-8,11,13H,9H2,1-5H3. The maximum atomic E-state index is 13.2. The molecular formula is C15H22BrF. The quantitative estimate of drug-likeness (QED) is 0.633. The Bertz CT molecular complexity index is 379. The van der Waals surface area contributed by atoms with Crippen LogP contribution in [0.2, 0.25) is 0 Å². The van der Waals surface area contributed by atoms with Gasteiger partial charge in [-0.15, -0.1) is 0 Å². The number of hydrogen-bond acceptors (Lipinski definition) is 0. The molecule has 1 aromatic rings. The van der Waals surface area contributed by atoms with E-state index in [-0.39, 0.29) is 5.82 Å². The van der Waals surface area contributed by atoms with Gasteiger partial charge in [0, 0.05) is 4.83 Å². The summed E-state index contributed by atoms with van der Waals surface area (Å²) in [7, 11) is 0. The van der Waals surface area contributed by atoms with E-state index >= 15 is 0 Å². The molecule has 0 heterocycles. The first-order valence-electron chi connectivity index (χ1n) is 6.12. The number of benzene rings is 1. The van der Waals surface area contributed by atoms with Crippen molar-refractivity contribution < 1.29 is 4.39 Å². The van der Waals surface area contributed by atoms with Gasteiger partial charge in [-0.2, -0.15) is 0 Å². The van der Waals surface area contributed by atoms with Crippen LogP contribution >= 0.6 is 15.9 Å². The number of aryl methyl sites for hydroxylation is 1.